The fraction of sp³-hybridized carbons (Fsp3) is 0.308. The average Bonchev–Trinajstić information content (AvgIpc) is 2.72. The highest BCUT2D eigenvalue weighted by Crippen LogP contribution is 2.21. The van der Waals surface area contributed by atoms with Gasteiger partial charge in [-0.25, -0.2) is 0 Å². The minimum atomic E-state index is 0.0954. The Hall–Kier alpha value is -0.880. The summed E-state index contributed by atoms with van der Waals surface area (Å²) in [6, 6.07) is 10.4. The lowest BCUT2D eigenvalue weighted by atomic mass is 10.0. The van der Waals surface area contributed by atoms with Gasteiger partial charge in [0.05, 0.1) is 0 Å². The highest BCUT2D eigenvalue weighted by molar-refractivity contribution is 14.1. The lowest BCUT2D eigenvalue weighted by Gasteiger charge is -2.13. The molecule has 0 saturated heterocycles. The molecule has 1 aromatic heterocycles. The van der Waals surface area contributed by atoms with Crippen LogP contribution < -0.4 is 5.73 Å². The van der Waals surface area contributed by atoms with Crippen molar-refractivity contribution in [2.45, 2.75) is 18.9 Å². The van der Waals surface area contributed by atoms with E-state index in [2.05, 4.69) is 39.8 Å². The Morgan fingerprint density at radius 2 is 2.12 bits per heavy atom. The minimum Gasteiger partial charge on any atom is -0.324 e. The third-order valence-electron chi connectivity index (χ3n) is 2.94. The van der Waals surface area contributed by atoms with Gasteiger partial charge in [0.2, 0.25) is 0 Å². The largest absolute Gasteiger partial charge is 0.324 e. The molecule has 90 valence electrons. The summed E-state index contributed by atoms with van der Waals surface area (Å²) >= 11 is 2.34. The molecular formula is C13H16IN3. The number of benzene rings is 1. The van der Waals surface area contributed by atoms with Gasteiger partial charge in [0.15, 0.2) is 0 Å². The smallest absolute Gasteiger partial charge is 0.0492 e. The van der Waals surface area contributed by atoms with Crippen molar-refractivity contribution in [3.8, 4) is 0 Å². The van der Waals surface area contributed by atoms with Crippen LogP contribution in [0, 0.1) is 3.57 Å². The van der Waals surface area contributed by atoms with Gasteiger partial charge in [0.25, 0.3) is 0 Å². The van der Waals surface area contributed by atoms with Crippen molar-refractivity contribution in [1.82, 2.24) is 9.78 Å². The minimum absolute atomic E-state index is 0.0954. The Morgan fingerprint density at radius 1 is 1.35 bits per heavy atom. The molecule has 4 heteroatoms. The lowest BCUT2D eigenvalue weighted by Crippen LogP contribution is -2.13. The maximum atomic E-state index is 6.23. The molecule has 0 fully saturated rings. The zero-order valence-corrected chi connectivity index (χ0v) is 12.0. The van der Waals surface area contributed by atoms with E-state index in [0.29, 0.717) is 0 Å². The first kappa shape index (κ1) is 12.6. The molecule has 17 heavy (non-hydrogen) atoms. The highest BCUT2D eigenvalue weighted by Gasteiger charge is 2.10. The summed E-state index contributed by atoms with van der Waals surface area (Å²) in [5.74, 6) is 0. The molecule has 0 spiro atoms. The summed E-state index contributed by atoms with van der Waals surface area (Å²) in [5, 5.41) is 4.16. The molecule has 0 aliphatic heterocycles. The Labute approximate surface area is 115 Å². The van der Waals surface area contributed by atoms with Crippen LogP contribution in [0.25, 0.3) is 0 Å². The average molecular weight is 341 g/mol. The molecule has 1 heterocycles. The third kappa shape index (κ3) is 3.07. The first-order chi connectivity index (χ1) is 8.18. The molecule has 0 aliphatic carbocycles. The van der Waals surface area contributed by atoms with Crippen molar-refractivity contribution in [1.29, 1.82) is 0 Å². The van der Waals surface area contributed by atoms with Crippen LogP contribution in [0.4, 0.5) is 0 Å². The topological polar surface area (TPSA) is 43.8 Å². The first-order valence-electron chi connectivity index (χ1n) is 5.65. The van der Waals surface area contributed by atoms with E-state index in [-0.39, 0.29) is 6.04 Å². The number of hydrogen-bond donors (Lipinski definition) is 1. The third-order valence-corrected chi connectivity index (χ3v) is 3.92. The van der Waals surface area contributed by atoms with Crippen molar-refractivity contribution in [3.05, 3.63) is 51.4 Å². The van der Waals surface area contributed by atoms with E-state index in [4.69, 9.17) is 5.73 Å². The number of hydrogen-bond acceptors (Lipinski definition) is 2. The van der Waals surface area contributed by atoms with Gasteiger partial charge in [0, 0.05) is 28.6 Å². The summed E-state index contributed by atoms with van der Waals surface area (Å²) < 4.78 is 3.14. The predicted octanol–water partition coefficient (Wildman–Crippen LogP) is 2.66. The van der Waals surface area contributed by atoms with Gasteiger partial charge >= 0.3 is 0 Å². The van der Waals surface area contributed by atoms with Crippen LogP contribution in [0.3, 0.4) is 0 Å². The van der Waals surface area contributed by atoms with Gasteiger partial charge in [-0.05, 0) is 53.1 Å². The Balaban J connectivity index is 2.01. The zero-order chi connectivity index (χ0) is 12.3. The van der Waals surface area contributed by atoms with Crippen molar-refractivity contribution < 1.29 is 0 Å². The molecule has 1 unspecified atom stereocenters. The quantitative estimate of drug-likeness (QED) is 0.869. The van der Waals surface area contributed by atoms with E-state index in [1.165, 1.54) is 14.8 Å². The highest BCUT2D eigenvalue weighted by atomic mass is 127. The number of aromatic nitrogens is 2. The molecule has 0 radical (unpaired) electrons. The van der Waals surface area contributed by atoms with E-state index in [9.17, 15) is 0 Å². The Bertz CT molecular complexity index is 493. The van der Waals surface area contributed by atoms with Gasteiger partial charge in [-0.2, -0.15) is 5.10 Å². The summed E-state index contributed by atoms with van der Waals surface area (Å²) in [7, 11) is 1.97. The number of nitrogens with zero attached hydrogens (tertiary/aromatic N) is 2. The van der Waals surface area contributed by atoms with Crippen LogP contribution in [0.2, 0.25) is 0 Å². The van der Waals surface area contributed by atoms with Crippen LogP contribution in [0.5, 0.6) is 0 Å². The fourth-order valence-electron chi connectivity index (χ4n) is 1.88. The molecule has 2 aromatic rings. The molecular weight excluding hydrogens is 325 g/mol. The van der Waals surface area contributed by atoms with Crippen molar-refractivity contribution in [2.24, 2.45) is 12.8 Å². The molecule has 1 atom stereocenters. The second-order valence-corrected chi connectivity index (χ2v) is 5.28. The van der Waals surface area contributed by atoms with E-state index in [1.807, 2.05) is 36.1 Å². The van der Waals surface area contributed by atoms with Crippen LogP contribution in [0.1, 0.15) is 23.7 Å². The normalized spacial score (nSPS) is 12.6. The fourth-order valence-corrected chi connectivity index (χ4v) is 2.67. The number of halogens is 1. The summed E-state index contributed by atoms with van der Waals surface area (Å²) in [6.07, 6.45) is 3.73. The van der Waals surface area contributed by atoms with Crippen molar-refractivity contribution in [3.63, 3.8) is 0 Å². The Morgan fingerprint density at radius 3 is 2.76 bits per heavy atom. The second kappa shape index (κ2) is 5.64. The molecule has 2 N–H and O–H groups in total. The van der Waals surface area contributed by atoms with Crippen molar-refractivity contribution >= 4 is 22.6 Å². The monoisotopic (exact) mass is 341 g/mol. The summed E-state index contributed by atoms with van der Waals surface area (Å²) in [6.45, 7) is 0. The van der Waals surface area contributed by atoms with Gasteiger partial charge in [-0.3, -0.25) is 4.68 Å². The van der Waals surface area contributed by atoms with E-state index >= 15 is 0 Å². The summed E-state index contributed by atoms with van der Waals surface area (Å²) in [5.41, 5.74) is 8.69. The van der Waals surface area contributed by atoms with Crippen molar-refractivity contribution in [2.75, 3.05) is 0 Å². The Kier molecular flexibility index (Phi) is 4.17. The maximum absolute atomic E-state index is 6.23. The molecule has 1 aromatic carbocycles. The predicted molar refractivity (Wildman–Crippen MR) is 77.6 cm³/mol. The molecule has 3 nitrogen and oxygen atoms in total. The van der Waals surface area contributed by atoms with Gasteiger partial charge < -0.3 is 5.73 Å². The lowest BCUT2D eigenvalue weighted by molar-refractivity contribution is 0.612. The van der Waals surface area contributed by atoms with Crippen LogP contribution in [0.15, 0.2) is 36.5 Å². The van der Waals surface area contributed by atoms with Gasteiger partial charge in [-0.15, -0.1) is 0 Å². The van der Waals surface area contributed by atoms with Crippen LogP contribution >= 0.6 is 22.6 Å². The molecule has 0 saturated carbocycles. The second-order valence-electron chi connectivity index (χ2n) is 4.11. The summed E-state index contributed by atoms with van der Waals surface area (Å²) in [4.78, 5) is 0. The van der Waals surface area contributed by atoms with Crippen LogP contribution in [-0.4, -0.2) is 9.78 Å². The van der Waals surface area contributed by atoms with Crippen LogP contribution in [-0.2, 0) is 13.5 Å². The maximum Gasteiger partial charge on any atom is 0.0492 e. The number of aryl methyl sites for hydroxylation is 2. The zero-order valence-electron chi connectivity index (χ0n) is 9.81. The SMILES string of the molecule is Cn1nccc1CCC(N)c1ccccc1I. The number of nitrogens with two attached hydrogens (primary N) is 1. The van der Waals surface area contributed by atoms with Gasteiger partial charge in [-0.1, -0.05) is 18.2 Å². The molecule has 0 amide bonds. The van der Waals surface area contributed by atoms with E-state index in [1.54, 1.807) is 0 Å². The standard InChI is InChI=1S/C13H16IN3/c1-17-10(8-9-16-17)6-7-13(15)11-4-2-3-5-12(11)14/h2-5,8-9,13H,6-7,15H2,1H3. The molecule has 0 aliphatic rings. The van der Waals surface area contributed by atoms with E-state index < -0.39 is 0 Å². The molecule has 0 bridgehead atoms. The first-order valence-corrected chi connectivity index (χ1v) is 6.73. The number of rotatable bonds is 4. The van der Waals surface area contributed by atoms with E-state index in [0.717, 1.165) is 12.8 Å². The van der Waals surface area contributed by atoms with Gasteiger partial charge in [0.1, 0.15) is 0 Å². The molecule has 2 rings (SSSR count).